The van der Waals surface area contributed by atoms with Crippen LogP contribution in [-0.2, 0) is 21.4 Å². The van der Waals surface area contributed by atoms with Crippen LogP contribution in [0.4, 0.5) is 0 Å². The maximum Gasteiger partial charge on any atom is 0.244 e. The molecule has 0 aliphatic carbocycles. The molecule has 1 aliphatic rings. The highest BCUT2D eigenvalue weighted by atomic mass is 32.2. The summed E-state index contributed by atoms with van der Waals surface area (Å²) in [5.74, 6) is -0.968. The summed E-state index contributed by atoms with van der Waals surface area (Å²) in [6.07, 6.45) is -0.233. The van der Waals surface area contributed by atoms with Crippen LogP contribution in [0.2, 0.25) is 0 Å². The lowest BCUT2D eigenvalue weighted by atomic mass is 10.2. The molecule has 0 atom stereocenters. The van der Waals surface area contributed by atoms with Crippen molar-refractivity contribution in [2.45, 2.75) is 13.0 Å². The highest BCUT2D eigenvalue weighted by Gasteiger charge is 2.27. The summed E-state index contributed by atoms with van der Waals surface area (Å²) in [5, 5.41) is 8.40. The summed E-state index contributed by atoms with van der Waals surface area (Å²) in [6.45, 7) is 2.99. The van der Waals surface area contributed by atoms with Gasteiger partial charge >= 0.3 is 0 Å². The normalized spacial score (nSPS) is 17.3. The first kappa shape index (κ1) is 16.9. The third-order valence-corrected chi connectivity index (χ3v) is 5.56. The fourth-order valence-electron chi connectivity index (χ4n) is 2.41. The first-order valence-corrected chi connectivity index (χ1v) is 8.79. The minimum atomic E-state index is -3.45. The molecule has 1 aromatic carbocycles. The van der Waals surface area contributed by atoms with Gasteiger partial charge in [0.1, 0.15) is 0 Å². The summed E-state index contributed by atoms with van der Waals surface area (Å²) >= 11 is 0. The molecule has 7 nitrogen and oxygen atoms in total. The largest absolute Gasteiger partial charge is 0.296 e. The van der Waals surface area contributed by atoms with E-state index in [1.807, 2.05) is 18.2 Å². The first-order chi connectivity index (χ1) is 10.5. The Morgan fingerprint density at radius 3 is 2.36 bits per heavy atom. The fourth-order valence-corrected chi connectivity index (χ4v) is 3.84. The maximum atomic E-state index is 12.1. The van der Waals surface area contributed by atoms with Crippen molar-refractivity contribution in [3.63, 3.8) is 0 Å². The lowest BCUT2D eigenvalue weighted by Crippen LogP contribution is -2.49. The van der Waals surface area contributed by atoms with Gasteiger partial charge in [-0.1, -0.05) is 30.3 Å². The lowest BCUT2D eigenvalue weighted by Gasteiger charge is -2.34. The van der Waals surface area contributed by atoms with Gasteiger partial charge in [-0.15, -0.1) is 0 Å². The van der Waals surface area contributed by atoms with E-state index in [2.05, 4.69) is 17.0 Å². The maximum absolute atomic E-state index is 12.1. The summed E-state index contributed by atoms with van der Waals surface area (Å²) in [5.41, 5.74) is 2.65. The number of nitrogens with one attached hydrogen (secondary N) is 1. The summed E-state index contributed by atoms with van der Waals surface area (Å²) < 4.78 is 25.6. The van der Waals surface area contributed by atoms with Gasteiger partial charge in [0, 0.05) is 39.1 Å². The van der Waals surface area contributed by atoms with Crippen molar-refractivity contribution in [1.29, 1.82) is 0 Å². The van der Waals surface area contributed by atoms with E-state index in [-0.39, 0.29) is 12.2 Å². The average molecular weight is 327 g/mol. The second kappa shape index (κ2) is 7.68. The molecule has 8 heteroatoms. The third-order valence-electron chi connectivity index (χ3n) is 3.69. The number of carbonyl (C=O) groups is 1. The van der Waals surface area contributed by atoms with E-state index in [1.165, 1.54) is 15.3 Å². The zero-order chi connectivity index (χ0) is 16.0. The second-order valence-electron chi connectivity index (χ2n) is 5.26. The van der Waals surface area contributed by atoms with Crippen LogP contribution in [0.5, 0.6) is 0 Å². The Morgan fingerprint density at radius 2 is 1.77 bits per heavy atom. The van der Waals surface area contributed by atoms with E-state index in [0.29, 0.717) is 26.2 Å². The number of sulfonamides is 1. The van der Waals surface area contributed by atoms with Crippen LogP contribution in [0.25, 0.3) is 0 Å². The molecule has 22 heavy (non-hydrogen) atoms. The molecular formula is C14H21N3O4S. The van der Waals surface area contributed by atoms with Crippen LogP contribution in [-0.4, -0.2) is 60.7 Å². The van der Waals surface area contributed by atoms with Crippen molar-refractivity contribution in [1.82, 2.24) is 14.7 Å². The zero-order valence-corrected chi connectivity index (χ0v) is 13.1. The SMILES string of the molecule is O=C(CCS(=O)(=O)N1CCN(Cc2ccccc2)CC1)NO. The molecule has 1 saturated heterocycles. The van der Waals surface area contributed by atoms with Crippen molar-refractivity contribution >= 4 is 15.9 Å². The van der Waals surface area contributed by atoms with Crippen LogP contribution in [0.3, 0.4) is 0 Å². The number of piperazine rings is 1. The number of carbonyl (C=O) groups excluding carboxylic acids is 1. The van der Waals surface area contributed by atoms with Gasteiger partial charge in [0.25, 0.3) is 0 Å². The number of hydrogen-bond acceptors (Lipinski definition) is 5. The molecule has 0 spiro atoms. The predicted octanol–water partition coefficient (Wildman–Crippen LogP) is 0.0295. The number of amides is 1. The molecule has 1 heterocycles. The van der Waals surface area contributed by atoms with Gasteiger partial charge in [0.2, 0.25) is 15.9 Å². The highest BCUT2D eigenvalue weighted by Crippen LogP contribution is 2.12. The zero-order valence-electron chi connectivity index (χ0n) is 12.3. The third kappa shape index (κ3) is 4.77. The van der Waals surface area contributed by atoms with E-state index in [0.717, 1.165) is 6.54 Å². The van der Waals surface area contributed by atoms with Crippen molar-refractivity contribution in [2.24, 2.45) is 0 Å². The second-order valence-corrected chi connectivity index (χ2v) is 7.35. The van der Waals surface area contributed by atoms with E-state index in [9.17, 15) is 13.2 Å². The van der Waals surface area contributed by atoms with Gasteiger partial charge in [0.05, 0.1) is 5.75 Å². The Bertz CT molecular complexity index is 583. The van der Waals surface area contributed by atoms with E-state index < -0.39 is 15.9 Å². The molecular weight excluding hydrogens is 306 g/mol. The number of hydroxylamine groups is 1. The first-order valence-electron chi connectivity index (χ1n) is 7.18. The number of hydrogen-bond donors (Lipinski definition) is 2. The van der Waals surface area contributed by atoms with Crippen LogP contribution in [0.1, 0.15) is 12.0 Å². The van der Waals surface area contributed by atoms with Crippen LogP contribution < -0.4 is 5.48 Å². The van der Waals surface area contributed by atoms with Gasteiger partial charge < -0.3 is 0 Å². The van der Waals surface area contributed by atoms with Gasteiger partial charge in [-0.25, -0.2) is 13.9 Å². The molecule has 1 amide bonds. The number of benzene rings is 1. The lowest BCUT2D eigenvalue weighted by molar-refractivity contribution is -0.128. The predicted molar refractivity (Wildman–Crippen MR) is 81.6 cm³/mol. The monoisotopic (exact) mass is 327 g/mol. The fraction of sp³-hybridized carbons (Fsp3) is 0.500. The standard InChI is InChI=1S/C14H21N3O4S/c18-14(15-19)6-11-22(20,21)17-9-7-16(8-10-17)12-13-4-2-1-3-5-13/h1-5,19H,6-12H2,(H,15,18). The molecule has 122 valence electrons. The Balaban J connectivity index is 1.82. The van der Waals surface area contributed by atoms with Crippen LogP contribution in [0.15, 0.2) is 30.3 Å². The van der Waals surface area contributed by atoms with E-state index in [4.69, 9.17) is 5.21 Å². The smallest absolute Gasteiger partial charge is 0.244 e. The molecule has 0 radical (unpaired) electrons. The topological polar surface area (TPSA) is 90.0 Å². The average Bonchev–Trinajstić information content (AvgIpc) is 2.54. The molecule has 0 bridgehead atoms. The van der Waals surface area contributed by atoms with E-state index in [1.54, 1.807) is 0 Å². The Labute approximate surface area is 130 Å². The van der Waals surface area contributed by atoms with Crippen LogP contribution in [0, 0.1) is 0 Å². The molecule has 1 fully saturated rings. The Kier molecular flexibility index (Phi) is 5.90. The van der Waals surface area contributed by atoms with Crippen LogP contribution >= 0.6 is 0 Å². The molecule has 1 aliphatic heterocycles. The van der Waals surface area contributed by atoms with Crippen molar-refractivity contribution in [2.75, 3.05) is 31.9 Å². The summed E-state index contributed by atoms with van der Waals surface area (Å²) in [6, 6.07) is 10.0. The van der Waals surface area contributed by atoms with Crippen molar-refractivity contribution in [3.8, 4) is 0 Å². The minimum absolute atomic E-state index is 0.233. The Hall–Kier alpha value is -1.48. The Morgan fingerprint density at radius 1 is 1.14 bits per heavy atom. The molecule has 2 rings (SSSR count). The minimum Gasteiger partial charge on any atom is -0.296 e. The van der Waals surface area contributed by atoms with Gasteiger partial charge in [-0.2, -0.15) is 4.31 Å². The molecule has 1 aromatic rings. The summed E-state index contributed by atoms with van der Waals surface area (Å²) in [7, 11) is -3.45. The number of nitrogens with zero attached hydrogens (tertiary/aromatic N) is 2. The molecule has 0 unspecified atom stereocenters. The van der Waals surface area contributed by atoms with Crippen molar-refractivity contribution in [3.05, 3.63) is 35.9 Å². The quantitative estimate of drug-likeness (QED) is 0.568. The van der Waals surface area contributed by atoms with Crippen molar-refractivity contribution < 1.29 is 18.4 Å². The molecule has 2 N–H and O–H groups in total. The molecule has 0 saturated carbocycles. The van der Waals surface area contributed by atoms with Gasteiger partial charge in [-0.05, 0) is 5.56 Å². The number of rotatable bonds is 6. The van der Waals surface area contributed by atoms with Gasteiger partial charge in [0.15, 0.2) is 0 Å². The summed E-state index contributed by atoms with van der Waals surface area (Å²) in [4.78, 5) is 13.2. The van der Waals surface area contributed by atoms with E-state index >= 15 is 0 Å². The highest BCUT2D eigenvalue weighted by molar-refractivity contribution is 7.89. The van der Waals surface area contributed by atoms with Gasteiger partial charge in [-0.3, -0.25) is 14.9 Å². The molecule has 0 aromatic heterocycles.